The van der Waals surface area contributed by atoms with E-state index in [0.29, 0.717) is 6.42 Å². The van der Waals surface area contributed by atoms with Crippen molar-refractivity contribution in [3.63, 3.8) is 0 Å². The van der Waals surface area contributed by atoms with Crippen LogP contribution in [-0.4, -0.2) is 27.8 Å². The minimum Gasteiger partial charge on any atom is -0.297 e. The van der Waals surface area contributed by atoms with Gasteiger partial charge < -0.3 is 0 Å². The van der Waals surface area contributed by atoms with Gasteiger partial charge in [-0.25, -0.2) is 0 Å². The lowest BCUT2D eigenvalue weighted by molar-refractivity contribution is 0.246. The first kappa shape index (κ1) is 11.7. The SMILES string of the molecule is Cc1cc(CN(C)C(C)CC#N)n(C)n1. The van der Waals surface area contributed by atoms with E-state index in [-0.39, 0.29) is 6.04 Å². The first-order chi connectivity index (χ1) is 7.04. The molecule has 0 fully saturated rings. The monoisotopic (exact) mass is 206 g/mol. The largest absolute Gasteiger partial charge is 0.297 e. The highest BCUT2D eigenvalue weighted by atomic mass is 15.3. The van der Waals surface area contributed by atoms with Gasteiger partial charge in [-0.15, -0.1) is 0 Å². The topological polar surface area (TPSA) is 44.9 Å². The molecule has 0 aliphatic carbocycles. The Balaban J connectivity index is 2.62. The van der Waals surface area contributed by atoms with Crippen LogP contribution in [0.4, 0.5) is 0 Å². The minimum absolute atomic E-state index is 0.283. The highest BCUT2D eigenvalue weighted by Crippen LogP contribution is 2.08. The Bertz CT molecular complexity index is 361. The third kappa shape index (κ3) is 3.07. The fourth-order valence-electron chi connectivity index (χ4n) is 1.51. The number of nitriles is 1. The van der Waals surface area contributed by atoms with Crippen LogP contribution in [0.1, 0.15) is 24.7 Å². The Morgan fingerprint density at radius 3 is 2.80 bits per heavy atom. The third-order valence-corrected chi connectivity index (χ3v) is 2.65. The maximum Gasteiger partial charge on any atom is 0.0638 e. The quantitative estimate of drug-likeness (QED) is 0.749. The fraction of sp³-hybridized carbons (Fsp3) is 0.636. The van der Waals surface area contributed by atoms with Crippen LogP contribution in [0, 0.1) is 18.3 Å². The van der Waals surface area contributed by atoms with E-state index < -0.39 is 0 Å². The van der Waals surface area contributed by atoms with E-state index in [0.717, 1.165) is 12.2 Å². The summed E-state index contributed by atoms with van der Waals surface area (Å²) in [6.07, 6.45) is 0.563. The van der Waals surface area contributed by atoms with Gasteiger partial charge in [-0.1, -0.05) is 0 Å². The number of hydrogen-bond donors (Lipinski definition) is 0. The van der Waals surface area contributed by atoms with Crippen LogP contribution >= 0.6 is 0 Å². The minimum atomic E-state index is 0.283. The molecule has 1 unspecified atom stereocenters. The summed E-state index contributed by atoms with van der Waals surface area (Å²) < 4.78 is 1.89. The Morgan fingerprint density at radius 1 is 1.67 bits per heavy atom. The molecule has 0 aliphatic heterocycles. The van der Waals surface area contributed by atoms with Crippen LogP contribution in [0.2, 0.25) is 0 Å². The Morgan fingerprint density at radius 2 is 2.33 bits per heavy atom. The van der Waals surface area contributed by atoms with Gasteiger partial charge in [0.05, 0.1) is 23.9 Å². The lowest BCUT2D eigenvalue weighted by atomic mass is 10.2. The van der Waals surface area contributed by atoms with Crippen LogP contribution in [0.25, 0.3) is 0 Å². The molecule has 1 aromatic heterocycles. The van der Waals surface area contributed by atoms with Gasteiger partial charge in [0, 0.05) is 19.6 Å². The average Bonchev–Trinajstić information content (AvgIpc) is 2.45. The van der Waals surface area contributed by atoms with Crippen molar-refractivity contribution in [1.82, 2.24) is 14.7 Å². The molecule has 82 valence electrons. The summed E-state index contributed by atoms with van der Waals surface area (Å²) in [4.78, 5) is 2.17. The van der Waals surface area contributed by atoms with E-state index in [1.54, 1.807) is 0 Å². The molecule has 4 nitrogen and oxygen atoms in total. The maximum absolute atomic E-state index is 8.62. The van der Waals surface area contributed by atoms with Crippen molar-refractivity contribution in [2.24, 2.45) is 7.05 Å². The van der Waals surface area contributed by atoms with Gasteiger partial charge >= 0.3 is 0 Å². The van der Waals surface area contributed by atoms with Gasteiger partial charge in [-0.05, 0) is 27.0 Å². The molecule has 0 amide bonds. The standard InChI is InChI=1S/C11H18N4/c1-9-7-11(15(4)13-9)8-14(3)10(2)5-6-12/h7,10H,5,8H2,1-4H3. The molecule has 0 aromatic carbocycles. The fourth-order valence-corrected chi connectivity index (χ4v) is 1.51. The third-order valence-electron chi connectivity index (χ3n) is 2.65. The zero-order valence-electron chi connectivity index (χ0n) is 9.86. The molecule has 0 spiro atoms. The number of aromatic nitrogens is 2. The smallest absolute Gasteiger partial charge is 0.0638 e. The van der Waals surface area contributed by atoms with E-state index in [2.05, 4.69) is 29.1 Å². The van der Waals surface area contributed by atoms with Gasteiger partial charge in [0.1, 0.15) is 0 Å². The van der Waals surface area contributed by atoms with E-state index in [9.17, 15) is 0 Å². The van der Waals surface area contributed by atoms with Crippen LogP contribution in [0.5, 0.6) is 0 Å². The molecule has 0 saturated carbocycles. The zero-order valence-corrected chi connectivity index (χ0v) is 9.86. The predicted molar refractivity (Wildman–Crippen MR) is 59.1 cm³/mol. The molecule has 0 radical (unpaired) electrons. The first-order valence-electron chi connectivity index (χ1n) is 5.11. The highest BCUT2D eigenvalue weighted by molar-refractivity contribution is 5.08. The molecule has 4 heteroatoms. The zero-order chi connectivity index (χ0) is 11.4. The number of hydrogen-bond acceptors (Lipinski definition) is 3. The van der Waals surface area contributed by atoms with Crippen molar-refractivity contribution in [2.75, 3.05) is 7.05 Å². The molecule has 0 N–H and O–H groups in total. The van der Waals surface area contributed by atoms with Crippen LogP contribution < -0.4 is 0 Å². The van der Waals surface area contributed by atoms with Gasteiger partial charge in [0.2, 0.25) is 0 Å². The van der Waals surface area contributed by atoms with Crippen molar-refractivity contribution in [2.45, 2.75) is 32.9 Å². The summed E-state index contributed by atoms with van der Waals surface area (Å²) >= 11 is 0. The van der Waals surface area contributed by atoms with E-state index in [1.165, 1.54) is 5.69 Å². The van der Waals surface area contributed by atoms with Crippen LogP contribution in [0.3, 0.4) is 0 Å². The molecule has 0 saturated heterocycles. The Kier molecular flexibility index (Phi) is 3.87. The van der Waals surface area contributed by atoms with Crippen molar-refractivity contribution in [3.8, 4) is 6.07 Å². The summed E-state index contributed by atoms with van der Waals surface area (Å²) in [6, 6.07) is 4.55. The van der Waals surface area contributed by atoms with E-state index in [1.807, 2.05) is 25.7 Å². The summed E-state index contributed by atoms with van der Waals surface area (Å²) in [6.45, 7) is 4.88. The summed E-state index contributed by atoms with van der Waals surface area (Å²) in [7, 11) is 3.98. The van der Waals surface area contributed by atoms with Gasteiger partial charge in [0.15, 0.2) is 0 Å². The molecule has 15 heavy (non-hydrogen) atoms. The predicted octanol–water partition coefficient (Wildman–Crippen LogP) is 1.46. The van der Waals surface area contributed by atoms with Crippen LogP contribution in [-0.2, 0) is 13.6 Å². The molecule has 1 heterocycles. The molecular weight excluding hydrogens is 188 g/mol. The Labute approximate surface area is 91.1 Å². The first-order valence-corrected chi connectivity index (χ1v) is 5.11. The second-order valence-electron chi connectivity index (χ2n) is 4.03. The van der Waals surface area contributed by atoms with E-state index in [4.69, 9.17) is 5.26 Å². The van der Waals surface area contributed by atoms with Crippen molar-refractivity contribution in [3.05, 3.63) is 17.5 Å². The highest BCUT2D eigenvalue weighted by Gasteiger charge is 2.11. The summed E-state index contributed by atoms with van der Waals surface area (Å²) in [5.74, 6) is 0. The molecular formula is C11H18N4. The second kappa shape index (κ2) is 4.94. The van der Waals surface area contributed by atoms with Gasteiger partial charge in [-0.3, -0.25) is 9.58 Å². The van der Waals surface area contributed by atoms with Crippen molar-refractivity contribution >= 4 is 0 Å². The number of aryl methyl sites for hydroxylation is 2. The number of nitrogens with zero attached hydrogens (tertiary/aromatic N) is 4. The van der Waals surface area contributed by atoms with Crippen molar-refractivity contribution in [1.29, 1.82) is 5.26 Å². The van der Waals surface area contributed by atoms with Gasteiger partial charge in [-0.2, -0.15) is 10.4 Å². The molecule has 1 rings (SSSR count). The maximum atomic E-state index is 8.62. The lowest BCUT2D eigenvalue weighted by Crippen LogP contribution is -2.29. The molecule has 1 atom stereocenters. The second-order valence-corrected chi connectivity index (χ2v) is 4.03. The normalized spacial score (nSPS) is 12.8. The summed E-state index contributed by atoms with van der Waals surface area (Å²) in [5.41, 5.74) is 2.22. The Hall–Kier alpha value is -1.34. The molecule has 0 aliphatic rings. The molecule has 1 aromatic rings. The van der Waals surface area contributed by atoms with E-state index >= 15 is 0 Å². The van der Waals surface area contributed by atoms with Crippen LogP contribution in [0.15, 0.2) is 6.07 Å². The van der Waals surface area contributed by atoms with Crippen molar-refractivity contribution < 1.29 is 0 Å². The summed E-state index contributed by atoms with van der Waals surface area (Å²) in [5, 5.41) is 12.9. The lowest BCUT2D eigenvalue weighted by Gasteiger charge is -2.22. The molecule has 0 bridgehead atoms. The average molecular weight is 206 g/mol. The van der Waals surface area contributed by atoms with Gasteiger partial charge in [0.25, 0.3) is 0 Å². The number of rotatable bonds is 4.